The van der Waals surface area contributed by atoms with E-state index in [1.807, 2.05) is 31.2 Å². The maximum atomic E-state index is 13.4. The first-order valence-corrected chi connectivity index (χ1v) is 12.5. The Bertz CT molecular complexity index is 1130. The molecule has 2 amide bonds. The third-order valence-electron chi connectivity index (χ3n) is 5.34. The number of aryl methyl sites for hydroxylation is 1. The Kier molecular flexibility index (Phi) is 8.76. The van der Waals surface area contributed by atoms with Crippen LogP contribution in [0, 0.1) is 6.92 Å². The van der Waals surface area contributed by atoms with Crippen LogP contribution in [0.4, 0.5) is 5.69 Å². The lowest BCUT2D eigenvalue weighted by molar-refractivity contribution is -0.139. The molecule has 0 radical (unpaired) electrons. The average molecular weight is 474 g/mol. The van der Waals surface area contributed by atoms with Gasteiger partial charge in [-0.3, -0.25) is 18.7 Å². The van der Waals surface area contributed by atoms with Gasteiger partial charge in [-0.25, -0.2) is 8.42 Å². The van der Waals surface area contributed by atoms with E-state index in [0.29, 0.717) is 12.1 Å². The van der Waals surface area contributed by atoms with Gasteiger partial charge in [0.15, 0.2) is 5.78 Å². The molecule has 2 aromatic rings. The lowest BCUT2D eigenvalue weighted by Gasteiger charge is -2.31. The Morgan fingerprint density at radius 2 is 1.73 bits per heavy atom. The van der Waals surface area contributed by atoms with Gasteiger partial charge in [-0.2, -0.15) is 0 Å². The Hall–Kier alpha value is -3.20. The molecule has 0 bridgehead atoms. The summed E-state index contributed by atoms with van der Waals surface area (Å²) in [5, 5.41) is 2.71. The molecule has 0 fully saturated rings. The van der Waals surface area contributed by atoms with Crippen LogP contribution in [0.1, 0.15) is 42.3 Å². The third-order valence-corrected chi connectivity index (χ3v) is 6.48. The number of carbonyl (C=O) groups is 3. The van der Waals surface area contributed by atoms with Gasteiger partial charge in [0.05, 0.1) is 11.9 Å². The number of amides is 2. The van der Waals surface area contributed by atoms with Gasteiger partial charge in [0.25, 0.3) is 0 Å². The van der Waals surface area contributed by atoms with Gasteiger partial charge in [-0.15, -0.1) is 0 Å². The van der Waals surface area contributed by atoms with Gasteiger partial charge in [0.1, 0.15) is 12.6 Å². The highest BCUT2D eigenvalue weighted by molar-refractivity contribution is 7.92. The van der Waals surface area contributed by atoms with Gasteiger partial charge in [-0.1, -0.05) is 36.4 Å². The molecule has 0 unspecified atom stereocenters. The fraction of sp³-hybridized carbons (Fsp3) is 0.375. The fourth-order valence-electron chi connectivity index (χ4n) is 3.37. The van der Waals surface area contributed by atoms with Crippen molar-refractivity contribution in [3.63, 3.8) is 0 Å². The van der Waals surface area contributed by atoms with Gasteiger partial charge in [0, 0.05) is 18.7 Å². The number of sulfonamides is 1. The van der Waals surface area contributed by atoms with Crippen molar-refractivity contribution in [1.29, 1.82) is 0 Å². The zero-order chi connectivity index (χ0) is 24.8. The van der Waals surface area contributed by atoms with Crippen LogP contribution in [-0.2, 0) is 26.2 Å². The van der Waals surface area contributed by atoms with E-state index in [0.717, 1.165) is 21.7 Å². The van der Waals surface area contributed by atoms with E-state index in [1.165, 1.54) is 24.0 Å². The third kappa shape index (κ3) is 6.89. The topological polar surface area (TPSA) is 104 Å². The number of ketones is 1. The van der Waals surface area contributed by atoms with Crippen LogP contribution in [0.25, 0.3) is 0 Å². The molecule has 33 heavy (non-hydrogen) atoms. The number of nitrogens with zero attached hydrogens (tertiary/aromatic N) is 2. The summed E-state index contributed by atoms with van der Waals surface area (Å²) >= 11 is 0. The lowest BCUT2D eigenvalue weighted by atomic mass is 10.1. The molecular weight excluding hydrogens is 442 g/mol. The molecule has 0 aliphatic carbocycles. The second kappa shape index (κ2) is 11.1. The molecule has 2 rings (SSSR count). The molecule has 2 aromatic carbocycles. The highest BCUT2D eigenvalue weighted by Gasteiger charge is 2.30. The van der Waals surface area contributed by atoms with Crippen molar-refractivity contribution in [2.24, 2.45) is 0 Å². The molecular formula is C24H31N3O5S. The SMILES string of the molecule is CCNC(=O)[C@H](C)N(Cc1ccccc1C)C(=O)CN(c1cccc(C(C)=O)c1)S(C)(=O)=O. The van der Waals surface area contributed by atoms with Gasteiger partial charge in [-0.05, 0) is 51.0 Å². The van der Waals surface area contributed by atoms with Crippen molar-refractivity contribution >= 4 is 33.3 Å². The van der Waals surface area contributed by atoms with Crippen LogP contribution in [0.2, 0.25) is 0 Å². The molecule has 9 heteroatoms. The Balaban J connectivity index is 2.44. The molecule has 0 heterocycles. The van der Waals surface area contributed by atoms with Crippen molar-refractivity contribution in [3.05, 3.63) is 65.2 Å². The molecule has 0 saturated heterocycles. The highest BCUT2D eigenvalue weighted by Crippen LogP contribution is 2.21. The number of benzene rings is 2. The first kappa shape index (κ1) is 26.1. The van der Waals surface area contributed by atoms with Gasteiger partial charge >= 0.3 is 0 Å². The maximum Gasteiger partial charge on any atom is 0.244 e. The van der Waals surface area contributed by atoms with Crippen molar-refractivity contribution in [1.82, 2.24) is 10.2 Å². The molecule has 0 aliphatic rings. The summed E-state index contributed by atoms with van der Waals surface area (Å²) < 4.78 is 26.1. The van der Waals surface area contributed by atoms with E-state index in [2.05, 4.69) is 5.32 Å². The molecule has 8 nitrogen and oxygen atoms in total. The van der Waals surface area contributed by atoms with Gasteiger partial charge < -0.3 is 10.2 Å². The molecule has 0 aliphatic heterocycles. The standard InChI is InChI=1S/C24H31N3O5S/c1-6-25-24(30)18(3)26(15-21-11-8-7-10-17(21)2)23(29)16-27(33(5,31)32)22-13-9-12-20(14-22)19(4)28/h7-14,18H,6,15-16H2,1-5H3,(H,25,30)/t18-/m0/s1. The van der Waals surface area contributed by atoms with E-state index in [4.69, 9.17) is 0 Å². The smallest absolute Gasteiger partial charge is 0.244 e. The Labute approximate surface area is 195 Å². The predicted molar refractivity (Wildman–Crippen MR) is 129 cm³/mol. The van der Waals surface area contributed by atoms with Crippen LogP contribution in [0.5, 0.6) is 0 Å². The van der Waals surface area contributed by atoms with Crippen LogP contribution < -0.4 is 9.62 Å². The number of hydrogen-bond acceptors (Lipinski definition) is 5. The van der Waals surface area contributed by atoms with E-state index in [1.54, 1.807) is 26.0 Å². The van der Waals surface area contributed by atoms with Crippen molar-refractivity contribution in [2.75, 3.05) is 23.7 Å². The van der Waals surface area contributed by atoms with E-state index in [-0.39, 0.29) is 23.9 Å². The quantitative estimate of drug-likeness (QED) is 0.534. The van der Waals surface area contributed by atoms with E-state index < -0.39 is 28.5 Å². The second-order valence-corrected chi connectivity index (χ2v) is 9.80. The molecule has 178 valence electrons. The zero-order valence-corrected chi connectivity index (χ0v) is 20.5. The number of rotatable bonds is 10. The normalized spacial score (nSPS) is 12.0. The summed E-state index contributed by atoms with van der Waals surface area (Å²) in [5.41, 5.74) is 2.35. The summed E-state index contributed by atoms with van der Waals surface area (Å²) in [7, 11) is -3.85. The Morgan fingerprint density at radius 1 is 1.06 bits per heavy atom. The first-order chi connectivity index (χ1) is 15.5. The van der Waals surface area contributed by atoms with E-state index in [9.17, 15) is 22.8 Å². The summed E-state index contributed by atoms with van der Waals surface area (Å²) in [6, 6.07) is 12.8. The molecule has 1 atom stereocenters. The summed E-state index contributed by atoms with van der Waals surface area (Å²) in [6.07, 6.45) is 1.000. The van der Waals surface area contributed by atoms with Crippen LogP contribution in [-0.4, -0.2) is 56.3 Å². The number of carbonyl (C=O) groups excluding carboxylic acids is 3. The average Bonchev–Trinajstić information content (AvgIpc) is 2.75. The van der Waals surface area contributed by atoms with Crippen molar-refractivity contribution < 1.29 is 22.8 Å². The second-order valence-electron chi connectivity index (χ2n) is 7.89. The van der Waals surface area contributed by atoms with Crippen LogP contribution in [0.3, 0.4) is 0 Å². The Morgan fingerprint density at radius 3 is 2.30 bits per heavy atom. The lowest BCUT2D eigenvalue weighted by Crippen LogP contribution is -2.51. The molecule has 0 saturated carbocycles. The number of anilines is 1. The summed E-state index contributed by atoms with van der Waals surface area (Å²) in [6.45, 7) is 6.74. The maximum absolute atomic E-state index is 13.4. The highest BCUT2D eigenvalue weighted by atomic mass is 32.2. The number of Topliss-reactive ketones (excluding diaryl/α,β-unsaturated/α-hetero) is 1. The number of nitrogens with one attached hydrogen (secondary N) is 1. The molecule has 1 N–H and O–H groups in total. The van der Waals surface area contributed by atoms with Crippen LogP contribution >= 0.6 is 0 Å². The minimum Gasteiger partial charge on any atom is -0.355 e. The fourth-order valence-corrected chi connectivity index (χ4v) is 4.21. The summed E-state index contributed by atoms with van der Waals surface area (Å²) in [5.74, 6) is -1.08. The predicted octanol–water partition coefficient (Wildman–Crippen LogP) is 2.52. The number of hydrogen-bond donors (Lipinski definition) is 1. The first-order valence-electron chi connectivity index (χ1n) is 10.7. The minimum absolute atomic E-state index is 0.148. The van der Waals surface area contributed by atoms with Crippen molar-refractivity contribution in [2.45, 2.75) is 40.3 Å². The van der Waals surface area contributed by atoms with E-state index >= 15 is 0 Å². The van der Waals surface area contributed by atoms with Crippen molar-refractivity contribution in [3.8, 4) is 0 Å². The largest absolute Gasteiger partial charge is 0.355 e. The minimum atomic E-state index is -3.85. The van der Waals surface area contributed by atoms with Gasteiger partial charge in [0.2, 0.25) is 21.8 Å². The molecule has 0 aromatic heterocycles. The zero-order valence-electron chi connectivity index (χ0n) is 19.7. The molecule has 0 spiro atoms. The monoisotopic (exact) mass is 473 g/mol. The number of likely N-dealkylation sites (N-methyl/N-ethyl adjacent to an activating group) is 1. The van der Waals surface area contributed by atoms with Crippen LogP contribution in [0.15, 0.2) is 48.5 Å². The summed E-state index contributed by atoms with van der Waals surface area (Å²) in [4.78, 5) is 39.1.